The van der Waals surface area contributed by atoms with Gasteiger partial charge in [0.2, 0.25) is 0 Å². The fourth-order valence-electron chi connectivity index (χ4n) is 2.39. The number of nitrogens with two attached hydrogens (primary N) is 1. The normalized spacial score (nSPS) is 20.0. The predicted molar refractivity (Wildman–Crippen MR) is 77.7 cm³/mol. The molecule has 2 heterocycles. The first-order valence-corrected chi connectivity index (χ1v) is 7.40. The summed E-state index contributed by atoms with van der Waals surface area (Å²) in [6.07, 6.45) is 1.29. The first kappa shape index (κ1) is 11.9. The Morgan fingerprint density at radius 2 is 2.44 bits per heavy atom. The highest BCUT2D eigenvalue weighted by molar-refractivity contribution is 7.99. The molecule has 0 aliphatic carbocycles. The molecule has 4 nitrogen and oxygen atoms in total. The zero-order valence-corrected chi connectivity index (χ0v) is 11.3. The number of hydrogen-bond acceptors (Lipinski definition) is 4. The minimum absolute atomic E-state index is 0.688. The van der Waals surface area contributed by atoms with Gasteiger partial charge >= 0.3 is 0 Å². The molecule has 3 N–H and O–H groups in total. The molecule has 1 aromatic carbocycles. The summed E-state index contributed by atoms with van der Waals surface area (Å²) in [5.74, 6) is 3.55. The van der Waals surface area contributed by atoms with E-state index >= 15 is 0 Å². The third-order valence-corrected chi connectivity index (χ3v) is 4.63. The minimum atomic E-state index is 0.688. The van der Waals surface area contributed by atoms with Crippen LogP contribution in [0.1, 0.15) is 12.2 Å². The number of aromatic nitrogens is 2. The summed E-state index contributed by atoms with van der Waals surface area (Å²) in [6.45, 7) is 0.875. The highest BCUT2D eigenvalue weighted by Gasteiger charge is 2.20. The van der Waals surface area contributed by atoms with E-state index in [1.165, 1.54) is 17.9 Å². The van der Waals surface area contributed by atoms with Gasteiger partial charge in [0, 0.05) is 17.5 Å². The maximum atomic E-state index is 5.77. The Bertz CT molecular complexity index is 545. The van der Waals surface area contributed by atoms with Crippen LogP contribution in [0.5, 0.6) is 0 Å². The van der Waals surface area contributed by atoms with Crippen LogP contribution in [0.15, 0.2) is 18.2 Å². The molecule has 1 aliphatic rings. The number of aromatic amines is 1. The van der Waals surface area contributed by atoms with Crippen molar-refractivity contribution in [2.24, 2.45) is 0 Å². The van der Waals surface area contributed by atoms with E-state index in [0.717, 1.165) is 29.1 Å². The van der Waals surface area contributed by atoms with E-state index in [4.69, 9.17) is 5.73 Å². The standard InChI is InChI=1S/C13H18N4S/c1-17(10-4-5-18-8-10)7-13-15-11-3-2-9(14)6-12(11)16-13/h2-3,6,10H,4-5,7-8,14H2,1H3,(H,15,16). The lowest BCUT2D eigenvalue weighted by Gasteiger charge is -2.21. The molecule has 2 aromatic rings. The van der Waals surface area contributed by atoms with Crippen LogP contribution in [-0.4, -0.2) is 39.5 Å². The summed E-state index contributed by atoms with van der Waals surface area (Å²) in [6, 6.07) is 6.49. The lowest BCUT2D eigenvalue weighted by molar-refractivity contribution is 0.249. The van der Waals surface area contributed by atoms with Crippen molar-refractivity contribution < 1.29 is 0 Å². The Morgan fingerprint density at radius 1 is 1.56 bits per heavy atom. The van der Waals surface area contributed by atoms with Crippen LogP contribution < -0.4 is 5.73 Å². The largest absolute Gasteiger partial charge is 0.399 e. The first-order chi connectivity index (χ1) is 8.72. The molecule has 1 saturated heterocycles. The van der Waals surface area contributed by atoms with Gasteiger partial charge in [0.15, 0.2) is 0 Å². The Hall–Kier alpha value is -1.20. The molecule has 3 rings (SSSR count). The van der Waals surface area contributed by atoms with Crippen molar-refractivity contribution in [3.63, 3.8) is 0 Å². The number of fused-ring (bicyclic) bond motifs is 1. The second-order valence-corrected chi connectivity index (χ2v) is 6.04. The third-order valence-electron chi connectivity index (χ3n) is 3.48. The number of H-pyrrole nitrogens is 1. The number of benzene rings is 1. The molecule has 18 heavy (non-hydrogen) atoms. The Balaban J connectivity index is 1.77. The summed E-state index contributed by atoms with van der Waals surface area (Å²) in [4.78, 5) is 10.3. The fourth-order valence-corrected chi connectivity index (χ4v) is 3.69. The van der Waals surface area contributed by atoms with Crippen molar-refractivity contribution >= 4 is 28.5 Å². The second-order valence-electron chi connectivity index (χ2n) is 4.89. The van der Waals surface area contributed by atoms with Crippen molar-refractivity contribution in [1.82, 2.24) is 14.9 Å². The van der Waals surface area contributed by atoms with Gasteiger partial charge in [0.25, 0.3) is 0 Å². The SMILES string of the molecule is CN(Cc1nc2ccc(N)cc2[nH]1)C1CCSC1. The summed E-state index contributed by atoms with van der Waals surface area (Å²) < 4.78 is 0. The van der Waals surface area contributed by atoms with E-state index in [1.807, 2.05) is 30.0 Å². The molecule has 0 saturated carbocycles. The number of nitrogens with one attached hydrogen (secondary N) is 1. The molecule has 96 valence electrons. The maximum absolute atomic E-state index is 5.77. The van der Waals surface area contributed by atoms with E-state index in [1.54, 1.807) is 0 Å². The fraction of sp³-hybridized carbons (Fsp3) is 0.462. The van der Waals surface area contributed by atoms with Crippen LogP contribution in [0.2, 0.25) is 0 Å². The number of nitrogen functional groups attached to an aromatic ring is 1. The maximum Gasteiger partial charge on any atom is 0.121 e. The van der Waals surface area contributed by atoms with E-state index in [-0.39, 0.29) is 0 Å². The van der Waals surface area contributed by atoms with Crippen molar-refractivity contribution in [3.8, 4) is 0 Å². The number of rotatable bonds is 3. The lowest BCUT2D eigenvalue weighted by Crippen LogP contribution is -2.31. The van der Waals surface area contributed by atoms with Gasteiger partial charge in [-0.3, -0.25) is 4.90 Å². The van der Waals surface area contributed by atoms with E-state index < -0.39 is 0 Å². The number of imidazole rings is 1. The molecule has 0 amide bonds. The van der Waals surface area contributed by atoms with Crippen molar-refractivity contribution in [2.75, 3.05) is 24.3 Å². The molecule has 1 fully saturated rings. The average molecular weight is 262 g/mol. The van der Waals surface area contributed by atoms with Crippen LogP contribution in [0.25, 0.3) is 11.0 Å². The van der Waals surface area contributed by atoms with E-state index in [0.29, 0.717) is 6.04 Å². The monoisotopic (exact) mass is 262 g/mol. The molecular weight excluding hydrogens is 244 g/mol. The van der Waals surface area contributed by atoms with E-state index in [2.05, 4.69) is 21.9 Å². The van der Waals surface area contributed by atoms with Crippen LogP contribution in [0.3, 0.4) is 0 Å². The summed E-state index contributed by atoms with van der Waals surface area (Å²) >= 11 is 2.04. The Morgan fingerprint density at radius 3 is 3.22 bits per heavy atom. The van der Waals surface area contributed by atoms with Gasteiger partial charge in [-0.15, -0.1) is 0 Å². The molecule has 1 atom stereocenters. The van der Waals surface area contributed by atoms with Crippen molar-refractivity contribution in [2.45, 2.75) is 19.0 Å². The van der Waals surface area contributed by atoms with Gasteiger partial charge in [0.05, 0.1) is 17.6 Å². The van der Waals surface area contributed by atoms with Crippen LogP contribution in [0.4, 0.5) is 5.69 Å². The predicted octanol–water partition coefficient (Wildman–Crippen LogP) is 2.08. The van der Waals surface area contributed by atoms with Gasteiger partial charge in [-0.2, -0.15) is 11.8 Å². The summed E-state index contributed by atoms with van der Waals surface area (Å²) in [5, 5.41) is 0. The average Bonchev–Trinajstić information content (AvgIpc) is 2.95. The quantitative estimate of drug-likeness (QED) is 0.832. The number of hydrogen-bond donors (Lipinski definition) is 2. The lowest BCUT2D eigenvalue weighted by atomic mass is 10.2. The molecule has 0 radical (unpaired) electrons. The highest BCUT2D eigenvalue weighted by Crippen LogP contribution is 2.23. The van der Waals surface area contributed by atoms with Gasteiger partial charge in [0.1, 0.15) is 5.82 Å². The molecule has 1 unspecified atom stereocenters. The topological polar surface area (TPSA) is 57.9 Å². The van der Waals surface area contributed by atoms with Gasteiger partial charge in [-0.05, 0) is 37.4 Å². The Kier molecular flexibility index (Phi) is 3.18. The smallest absolute Gasteiger partial charge is 0.121 e. The van der Waals surface area contributed by atoms with Crippen molar-refractivity contribution in [3.05, 3.63) is 24.0 Å². The number of anilines is 1. The van der Waals surface area contributed by atoms with Crippen molar-refractivity contribution in [1.29, 1.82) is 0 Å². The van der Waals surface area contributed by atoms with Crippen LogP contribution in [0, 0.1) is 0 Å². The second kappa shape index (κ2) is 4.82. The van der Waals surface area contributed by atoms with Gasteiger partial charge in [-0.25, -0.2) is 4.98 Å². The van der Waals surface area contributed by atoms with Crippen LogP contribution in [-0.2, 0) is 6.54 Å². The Labute approximate surface area is 111 Å². The minimum Gasteiger partial charge on any atom is -0.399 e. The molecular formula is C13H18N4S. The van der Waals surface area contributed by atoms with Crippen LogP contribution >= 0.6 is 11.8 Å². The first-order valence-electron chi connectivity index (χ1n) is 6.24. The molecule has 0 bridgehead atoms. The molecule has 0 spiro atoms. The highest BCUT2D eigenvalue weighted by atomic mass is 32.2. The molecule has 5 heteroatoms. The zero-order chi connectivity index (χ0) is 12.5. The molecule has 1 aromatic heterocycles. The number of thioether (sulfide) groups is 1. The summed E-state index contributed by atoms with van der Waals surface area (Å²) in [7, 11) is 2.18. The van der Waals surface area contributed by atoms with Gasteiger partial charge < -0.3 is 10.7 Å². The molecule has 1 aliphatic heterocycles. The zero-order valence-electron chi connectivity index (χ0n) is 10.5. The van der Waals surface area contributed by atoms with E-state index in [9.17, 15) is 0 Å². The third kappa shape index (κ3) is 2.33. The summed E-state index contributed by atoms with van der Waals surface area (Å²) in [5.41, 5.74) is 8.57. The number of nitrogens with zero attached hydrogens (tertiary/aromatic N) is 2. The van der Waals surface area contributed by atoms with Gasteiger partial charge in [-0.1, -0.05) is 0 Å².